The summed E-state index contributed by atoms with van der Waals surface area (Å²) in [6, 6.07) is 0.184. The third-order valence-corrected chi connectivity index (χ3v) is 3.14. The van der Waals surface area contributed by atoms with Gasteiger partial charge in [-0.25, -0.2) is 14.8 Å². The van der Waals surface area contributed by atoms with Crippen LogP contribution in [-0.2, 0) is 11.3 Å². The van der Waals surface area contributed by atoms with Gasteiger partial charge in [0.1, 0.15) is 11.9 Å². The normalized spacial score (nSPS) is 20.8. The van der Waals surface area contributed by atoms with Gasteiger partial charge >= 0.3 is 5.97 Å². The Morgan fingerprint density at radius 1 is 1.72 bits per heavy atom. The molecule has 1 aromatic rings. The lowest BCUT2D eigenvalue weighted by molar-refractivity contribution is 0.0693. The van der Waals surface area contributed by atoms with Crippen LogP contribution in [0.4, 0.5) is 0 Å². The van der Waals surface area contributed by atoms with E-state index in [4.69, 9.17) is 9.84 Å². The summed E-state index contributed by atoms with van der Waals surface area (Å²) in [6.45, 7) is 3.26. The molecule has 1 aliphatic heterocycles. The zero-order valence-electron chi connectivity index (χ0n) is 10.3. The van der Waals surface area contributed by atoms with Gasteiger partial charge in [0.05, 0.1) is 11.8 Å². The van der Waals surface area contributed by atoms with Crippen LogP contribution in [0.2, 0.25) is 0 Å². The Kier molecular flexibility index (Phi) is 4.22. The van der Waals surface area contributed by atoms with E-state index in [0.29, 0.717) is 12.2 Å². The Hall–Kier alpha value is -1.53. The van der Waals surface area contributed by atoms with Gasteiger partial charge in [0, 0.05) is 25.4 Å². The molecule has 1 aliphatic rings. The average molecular weight is 251 g/mol. The van der Waals surface area contributed by atoms with Gasteiger partial charge in [-0.05, 0) is 19.8 Å². The molecule has 1 saturated heterocycles. The molecule has 6 nitrogen and oxygen atoms in total. The second kappa shape index (κ2) is 5.88. The van der Waals surface area contributed by atoms with E-state index in [1.165, 1.54) is 12.5 Å². The van der Waals surface area contributed by atoms with Gasteiger partial charge in [0.15, 0.2) is 0 Å². The van der Waals surface area contributed by atoms with Gasteiger partial charge in [-0.3, -0.25) is 0 Å². The smallest absolute Gasteiger partial charge is 0.339 e. The van der Waals surface area contributed by atoms with Crippen LogP contribution in [-0.4, -0.2) is 39.8 Å². The Morgan fingerprint density at radius 2 is 2.56 bits per heavy atom. The van der Waals surface area contributed by atoms with E-state index in [2.05, 4.69) is 15.3 Å². The number of aromatic carboxylic acids is 1. The average Bonchev–Trinajstić information content (AvgIpc) is 2.90. The SMILES string of the molecule is CC(NCc1ncncc1C(=O)O)C1CCCO1. The lowest BCUT2D eigenvalue weighted by Gasteiger charge is -2.20. The maximum absolute atomic E-state index is 11.0. The predicted molar refractivity (Wildman–Crippen MR) is 64.3 cm³/mol. The number of nitrogens with one attached hydrogen (secondary N) is 1. The highest BCUT2D eigenvalue weighted by atomic mass is 16.5. The van der Waals surface area contributed by atoms with Crippen molar-refractivity contribution in [3.05, 3.63) is 23.8 Å². The van der Waals surface area contributed by atoms with Crippen molar-refractivity contribution in [2.45, 2.75) is 38.5 Å². The summed E-state index contributed by atoms with van der Waals surface area (Å²) in [5.41, 5.74) is 0.645. The van der Waals surface area contributed by atoms with Crippen LogP contribution in [0.25, 0.3) is 0 Å². The first-order valence-corrected chi connectivity index (χ1v) is 6.05. The number of carboxylic acid groups (broad SMARTS) is 1. The van der Waals surface area contributed by atoms with Crippen LogP contribution in [0.5, 0.6) is 0 Å². The molecule has 2 atom stereocenters. The van der Waals surface area contributed by atoms with Crippen LogP contribution in [0.15, 0.2) is 12.5 Å². The number of hydrogen-bond acceptors (Lipinski definition) is 5. The first-order chi connectivity index (χ1) is 8.68. The van der Waals surface area contributed by atoms with Gasteiger partial charge in [-0.1, -0.05) is 0 Å². The van der Waals surface area contributed by atoms with Crippen molar-refractivity contribution < 1.29 is 14.6 Å². The summed E-state index contributed by atoms with van der Waals surface area (Å²) in [7, 11) is 0. The van der Waals surface area contributed by atoms with Gasteiger partial charge in [-0.2, -0.15) is 0 Å². The second-order valence-corrected chi connectivity index (χ2v) is 4.41. The van der Waals surface area contributed by atoms with Crippen LogP contribution >= 0.6 is 0 Å². The summed E-state index contributed by atoms with van der Waals surface area (Å²) in [4.78, 5) is 18.7. The summed E-state index contributed by atoms with van der Waals surface area (Å²) in [5, 5.41) is 12.3. The predicted octanol–water partition coefficient (Wildman–Crippen LogP) is 0.832. The zero-order chi connectivity index (χ0) is 13.0. The molecule has 6 heteroatoms. The monoisotopic (exact) mass is 251 g/mol. The fraction of sp³-hybridized carbons (Fsp3) is 0.583. The molecule has 0 spiro atoms. The van der Waals surface area contributed by atoms with Crippen molar-refractivity contribution in [3.63, 3.8) is 0 Å². The minimum Gasteiger partial charge on any atom is -0.478 e. The Labute approximate surface area is 105 Å². The fourth-order valence-electron chi connectivity index (χ4n) is 2.06. The van der Waals surface area contributed by atoms with Crippen molar-refractivity contribution in [2.75, 3.05) is 6.61 Å². The molecule has 2 heterocycles. The molecular weight excluding hydrogens is 234 g/mol. The van der Waals surface area contributed by atoms with E-state index in [1.807, 2.05) is 6.92 Å². The maximum Gasteiger partial charge on any atom is 0.339 e. The molecule has 18 heavy (non-hydrogen) atoms. The van der Waals surface area contributed by atoms with E-state index in [0.717, 1.165) is 19.4 Å². The highest BCUT2D eigenvalue weighted by Gasteiger charge is 2.22. The van der Waals surface area contributed by atoms with Crippen molar-refractivity contribution in [1.82, 2.24) is 15.3 Å². The number of carbonyl (C=O) groups is 1. The fourth-order valence-corrected chi connectivity index (χ4v) is 2.06. The molecule has 2 N–H and O–H groups in total. The van der Waals surface area contributed by atoms with Crippen LogP contribution in [0, 0.1) is 0 Å². The summed E-state index contributed by atoms with van der Waals surface area (Å²) >= 11 is 0. The molecule has 0 bridgehead atoms. The maximum atomic E-state index is 11.0. The number of rotatable bonds is 5. The van der Waals surface area contributed by atoms with Crippen molar-refractivity contribution in [3.8, 4) is 0 Å². The third-order valence-electron chi connectivity index (χ3n) is 3.14. The molecule has 98 valence electrons. The zero-order valence-corrected chi connectivity index (χ0v) is 10.3. The largest absolute Gasteiger partial charge is 0.478 e. The first kappa shape index (κ1) is 12.9. The number of hydrogen-bond donors (Lipinski definition) is 2. The molecular formula is C12H17N3O3. The standard InChI is InChI=1S/C12H17N3O3/c1-8(11-3-2-4-18-11)14-6-10-9(12(16)17)5-13-7-15-10/h5,7-8,11,14H,2-4,6H2,1H3,(H,16,17). The third kappa shape index (κ3) is 3.02. The van der Waals surface area contributed by atoms with E-state index >= 15 is 0 Å². The van der Waals surface area contributed by atoms with Gasteiger partial charge in [0.2, 0.25) is 0 Å². The number of aromatic nitrogens is 2. The topological polar surface area (TPSA) is 84.3 Å². The molecule has 2 unspecified atom stereocenters. The number of carboxylic acids is 1. The minimum atomic E-state index is -1.00. The second-order valence-electron chi connectivity index (χ2n) is 4.41. The van der Waals surface area contributed by atoms with Crippen LogP contribution in [0.1, 0.15) is 35.8 Å². The van der Waals surface area contributed by atoms with Crippen molar-refractivity contribution in [2.24, 2.45) is 0 Å². The quantitative estimate of drug-likeness (QED) is 0.806. The minimum absolute atomic E-state index is 0.143. The Bertz CT molecular complexity index is 419. The number of nitrogens with zero attached hydrogens (tertiary/aromatic N) is 2. The first-order valence-electron chi connectivity index (χ1n) is 6.05. The molecule has 0 saturated carbocycles. The highest BCUT2D eigenvalue weighted by molar-refractivity contribution is 5.88. The molecule has 0 amide bonds. The van der Waals surface area contributed by atoms with Crippen molar-refractivity contribution in [1.29, 1.82) is 0 Å². The molecule has 0 radical (unpaired) electrons. The van der Waals surface area contributed by atoms with Gasteiger partial charge in [-0.15, -0.1) is 0 Å². The van der Waals surface area contributed by atoms with E-state index in [9.17, 15) is 4.79 Å². The molecule has 2 rings (SSSR count). The summed E-state index contributed by atoms with van der Waals surface area (Å²) in [6.07, 6.45) is 5.03. The van der Waals surface area contributed by atoms with Crippen molar-refractivity contribution >= 4 is 5.97 Å². The lowest BCUT2D eigenvalue weighted by Crippen LogP contribution is -2.37. The molecule has 0 aromatic carbocycles. The van der Waals surface area contributed by atoms with E-state index < -0.39 is 5.97 Å². The lowest BCUT2D eigenvalue weighted by atomic mass is 10.1. The van der Waals surface area contributed by atoms with E-state index in [-0.39, 0.29) is 17.7 Å². The van der Waals surface area contributed by atoms with Gasteiger partial charge < -0.3 is 15.2 Å². The van der Waals surface area contributed by atoms with Crippen LogP contribution in [0.3, 0.4) is 0 Å². The Morgan fingerprint density at radius 3 is 3.22 bits per heavy atom. The highest BCUT2D eigenvalue weighted by Crippen LogP contribution is 2.15. The molecule has 0 aliphatic carbocycles. The summed E-state index contributed by atoms with van der Waals surface area (Å²) < 4.78 is 5.57. The van der Waals surface area contributed by atoms with Gasteiger partial charge in [0.25, 0.3) is 0 Å². The molecule has 1 fully saturated rings. The summed E-state index contributed by atoms with van der Waals surface area (Å²) in [5.74, 6) is -1.00. The van der Waals surface area contributed by atoms with Crippen LogP contribution < -0.4 is 5.32 Å². The number of ether oxygens (including phenoxy) is 1. The van der Waals surface area contributed by atoms with E-state index in [1.54, 1.807) is 0 Å². The Balaban J connectivity index is 1.95. The molecule has 1 aromatic heterocycles.